The molecule has 0 amide bonds. The van der Waals surface area contributed by atoms with E-state index in [9.17, 15) is 27.1 Å². The van der Waals surface area contributed by atoms with E-state index in [1.54, 1.807) is 0 Å². The molecule has 6 nitrogen and oxygen atoms in total. The molecule has 2 atom stereocenters. The molecular formula is C26H31F5N4O2. The Balaban J connectivity index is 1.78. The molecule has 11 heteroatoms. The first-order valence-electron chi connectivity index (χ1n) is 12.2. The van der Waals surface area contributed by atoms with Crippen LogP contribution >= 0.6 is 0 Å². The number of hydrogen-bond donors (Lipinski definition) is 4. The minimum absolute atomic E-state index is 0.0591. The third-order valence-corrected chi connectivity index (χ3v) is 6.57. The zero-order valence-corrected chi connectivity index (χ0v) is 20.2. The van der Waals surface area contributed by atoms with E-state index < -0.39 is 49.9 Å². The zero-order chi connectivity index (χ0) is 26.6. The van der Waals surface area contributed by atoms with Crippen molar-refractivity contribution in [2.45, 2.75) is 37.4 Å². The first-order valence-corrected chi connectivity index (χ1v) is 12.2. The quantitative estimate of drug-likeness (QED) is 0.209. The molecule has 0 saturated carbocycles. The molecule has 0 aliphatic carbocycles. The molecule has 2 heterocycles. The molecule has 202 valence electrons. The van der Waals surface area contributed by atoms with Gasteiger partial charge in [0.2, 0.25) is 0 Å². The molecule has 0 bridgehead atoms. The highest BCUT2D eigenvalue weighted by molar-refractivity contribution is 5.85. The summed E-state index contributed by atoms with van der Waals surface area (Å²) in [4.78, 5) is 4.51. The number of H-pyrrole nitrogens is 1. The second kappa shape index (κ2) is 11.8. The lowest BCUT2D eigenvalue weighted by Crippen LogP contribution is -2.54. The van der Waals surface area contributed by atoms with Gasteiger partial charge in [0.25, 0.3) is 12.3 Å². The Hall–Kier alpha value is -2.73. The fourth-order valence-electron chi connectivity index (χ4n) is 4.93. The lowest BCUT2D eigenvalue weighted by Gasteiger charge is -2.42. The summed E-state index contributed by atoms with van der Waals surface area (Å²) < 4.78 is 75.9. The normalized spacial score (nSPS) is 18.5. The number of alkyl halides is 5. The van der Waals surface area contributed by atoms with Crippen LogP contribution in [-0.2, 0) is 6.42 Å². The van der Waals surface area contributed by atoms with Crippen molar-refractivity contribution in [2.75, 3.05) is 39.5 Å². The number of aromatic amines is 1. The number of aromatic nitrogens is 1. The summed E-state index contributed by atoms with van der Waals surface area (Å²) in [6.07, 6.45) is -3.32. The number of hydrogen-bond acceptors (Lipinski definition) is 5. The monoisotopic (exact) mass is 526 g/mol. The molecule has 0 radical (unpaired) electrons. The van der Waals surface area contributed by atoms with Crippen molar-refractivity contribution in [3.05, 3.63) is 64.8 Å². The van der Waals surface area contributed by atoms with E-state index in [4.69, 9.17) is 10.5 Å². The number of rotatable bonds is 12. The summed E-state index contributed by atoms with van der Waals surface area (Å²) >= 11 is 0. The second-order valence-corrected chi connectivity index (χ2v) is 9.12. The van der Waals surface area contributed by atoms with Gasteiger partial charge in [-0.3, -0.25) is 9.29 Å². The largest absolute Gasteiger partial charge is 0.492 e. The Kier molecular flexibility index (Phi) is 8.68. The number of halogens is 5. The lowest BCUT2D eigenvalue weighted by atomic mass is 9.88. The van der Waals surface area contributed by atoms with Crippen LogP contribution in [0.15, 0.2) is 42.5 Å². The van der Waals surface area contributed by atoms with E-state index in [0.29, 0.717) is 25.2 Å². The molecule has 0 fully saturated rings. The Morgan fingerprint density at radius 3 is 2.68 bits per heavy atom. The van der Waals surface area contributed by atoms with Crippen LogP contribution in [0.3, 0.4) is 0 Å². The van der Waals surface area contributed by atoms with Crippen LogP contribution in [0.25, 0.3) is 10.9 Å². The van der Waals surface area contributed by atoms with Crippen LogP contribution in [-0.4, -0.2) is 66.6 Å². The van der Waals surface area contributed by atoms with Gasteiger partial charge in [-0.1, -0.05) is 30.3 Å². The van der Waals surface area contributed by atoms with E-state index in [1.807, 2.05) is 24.3 Å². The van der Waals surface area contributed by atoms with Crippen molar-refractivity contribution in [1.29, 1.82) is 0 Å². The van der Waals surface area contributed by atoms with Gasteiger partial charge in [0.1, 0.15) is 19.0 Å². The van der Waals surface area contributed by atoms with Crippen LogP contribution < -0.4 is 15.8 Å². The van der Waals surface area contributed by atoms with E-state index in [-0.39, 0.29) is 24.3 Å². The first kappa shape index (κ1) is 27.3. The summed E-state index contributed by atoms with van der Waals surface area (Å²) in [5, 5.41) is 13.1. The van der Waals surface area contributed by atoms with Gasteiger partial charge in [-0.25, -0.2) is 17.6 Å². The fraction of sp³-hybridized carbons (Fsp3) is 0.462. The summed E-state index contributed by atoms with van der Waals surface area (Å²) in [6, 6.07) is 10.7. The predicted molar refractivity (Wildman–Crippen MR) is 131 cm³/mol. The Morgan fingerprint density at radius 2 is 1.95 bits per heavy atom. The molecular weight excluding hydrogens is 495 g/mol. The maximum atomic E-state index is 14.5. The maximum Gasteiger partial charge on any atom is 0.283 e. The number of aliphatic hydroxyl groups is 1. The highest BCUT2D eigenvalue weighted by Crippen LogP contribution is 2.45. The van der Waals surface area contributed by atoms with Crippen molar-refractivity contribution in [1.82, 2.24) is 15.2 Å². The number of benzene rings is 2. The van der Waals surface area contributed by atoms with Crippen molar-refractivity contribution < 1.29 is 31.8 Å². The van der Waals surface area contributed by atoms with E-state index in [2.05, 4.69) is 10.3 Å². The summed E-state index contributed by atoms with van der Waals surface area (Å²) in [6.45, 7) is -1.97. The molecule has 1 aliphatic rings. The van der Waals surface area contributed by atoms with Crippen molar-refractivity contribution in [2.24, 2.45) is 5.73 Å². The minimum atomic E-state index is -3.50. The number of aliphatic hydroxyl groups excluding tert-OH is 1. The molecule has 1 aliphatic heterocycles. The van der Waals surface area contributed by atoms with Crippen molar-refractivity contribution in [3.63, 3.8) is 0 Å². The standard InChI is InChI=1S/C26H31F5N4O2/c27-9-4-10-33-11-12-37-20-8-3-6-17(22(20)25(28)29)24-23-18(16-5-1-2-7-19(16)34-23)13-21(32)35(24)14-26(30,31)15-36/h1-3,5-8,21,24-25,33-34,36H,4,9-15,32H2/t21-,24+/m0/s1. The molecule has 1 aromatic heterocycles. The van der Waals surface area contributed by atoms with Gasteiger partial charge in [-0.15, -0.1) is 0 Å². The Labute approximate surface area is 211 Å². The minimum Gasteiger partial charge on any atom is -0.492 e. The first-order chi connectivity index (χ1) is 17.8. The summed E-state index contributed by atoms with van der Waals surface area (Å²) in [5.74, 6) is -3.56. The maximum absolute atomic E-state index is 14.5. The molecule has 2 aromatic carbocycles. The zero-order valence-electron chi connectivity index (χ0n) is 20.2. The Bertz CT molecular complexity index is 1190. The highest BCUT2D eigenvalue weighted by atomic mass is 19.3. The van der Waals surface area contributed by atoms with Crippen molar-refractivity contribution >= 4 is 10.9 Å². The number of para-hydroxylation sites is 1. The van der Waals surface area contributed by atoms with Crippen LogP contribution in [0.1, 0.15) is 41.3 Å². The highest BCUT2D eigenvalue weighted by Gasteiger charge is 2.43. The van der Waals surface area contributed by atoms with Crippen LogP contribution in [0.5, 0.6) is 5.75 Å². The van der Waals surface area contributed by atoms with Gasteiger partial charge < -0.3 is 25.9 Å². The van der Waals surface area contributed by atoms with Gasteiger partial charge in [-0.2, -0.15) is 0 Å². The molecule has 5 N–H and O–H groups in total. The number of nitrogens with zero attached hydrogens (tertiary/aromatic N) is 1. The third kappa shape index (κ3) is 5.90. The SMILES string of the molecule is N[C@@H]1Cc2c([nH]c3ccccc23)[C@@H](c2cccc(OCCNCCCF)c2C(F)F)N1CC(F)(F)CO. The molecule has 0 spiro atoms. The molecule has 37 heavy (non-hydrogen) atoms. The van der Waals surface area contributed by atoms with Gasteiger partial charge in [0.15, 0.2) is 0 Å². The van der Waals surface area contributed by atoms with Gasteiger partial charge >= 0.3 is 0 Å². The van der Waals surface area contributed by atoms with Gasteiger partial charge in [0.05, 0.1) is 31.0 Å². The Morgan fingerprint density at radius 1 is 1.16 bits per heavy atom. The number of nitrogens with two attached hydrogens (primary N) is 1. The lowest BCUT2D eigenvalue weighted by molar-refractivity contribution is -0.0876. The number of ether oxygens (including phenoxy) is 1. The third-order valence-electron chi connectivity index (χ3n) is 6.57. The predicted octanol–water partition coefficient (Wildman–Crippen LogP) is 4.29. The average molecular weight is 527 g/mol. The number of nitrogens with one attached hydrogen (secondary N) is 2. The molecule has 3 aromatic rings. The van der Waals surface area contributed by atoms with Crippen molar-refractivity contribution in [3.8, 4) is 5.75 Å². The number of fused-ring (bicyclic) bond motifs is 3. The fourth-order valence-corrected chi connectivity index (χ4v) is 4.93. The summed E-state index contributed by atoms with van der Waals surface area (Å²) in [7, 11) is 0. The molecule has 0 saturated heterocycles. The topological polar surface area (TPSA) is 86.5 Å². The second-order valence-electron chi connectivity index (χ2n) is 9.12. The van der Waals surface area contributed by atoms with Crippen LogP contribution in [0.4, 0.5) is 22.0 Å². The molecule has 4 rings (SSSR count). The summed E-state index contributed by atoms with van der Waals surface area (Å²) in [5.41, 5.74) is 8.08. The van der Waals surface area contributed by atoms with Crippen LogP contribution in [0.2, 0.25) is 0 Å². The van der Waals surface area contributed by atoms with E-state index in [0.717, 1.165) is 16.5 Å². The van der Waals surface area contributed by atoms with Crippen LogP contribution in [0, 0.1) is 0 Å². The van der Waals surface area contributed by atoms with E-state index in [1.165, 1.54) is 23.1 Å². The van der Waals surface area contributed by atoms with Gasteiger partial charge in [-0.05, 0) is 36.2 Å². The smallest absolute Gasteiger partial charge is 0.283 e. The van der Waals surface area contributed by atoms with E-state index >= 15 is 0 Å². The van der Waals surface area contributed by atoms with Gasteiger partial charge in [0, 0.05) is 29.6 Å². The average Bonchev–Trinajstić information content (AvgIpc) is 3.24. The molecule has 0 unspecified atom stereocenters.